The predicted octanol–water partition coefficient (Wildman–Crippen LogP) is 3.75. The van der Waals surface area contributed by atoms with E-state index in [2.05, 4.69) is 24.0 Å². The van der Waals surface area contributed by atoms with Crippen molar-refractivity contribution in [1.29, 1.82) is 0 Å². The average molecular weight is 373 g/mol. The first-order chi connectivity index (χ1) is 13.8. The number of fused-ring (bicyclic) bond motifs is 1. The largest absolute Gasteiger partial charge is 0.353 e. The fraction of sp³-hybridized carbons (Fsp3) is 0.292. The molecule has 0 unspecified atom stereocenters. The van der Waals surface area contributed by atoms with Crippen LogP contribution in [0.25, 0.3) is 10.8 Å². The molecule has 0 aliphatic carbocycles. The van der Waals surface area contributed by atoms with Gasteiger partial charge in [0.05, 0.1) is 13.2 Å². The number of aryl methyl sites for hydroxylation is 1. The molecule has 0 spiro atoms. The van der Waals surface area contributed by atoms with E-state index in [9.17, 15) is 4.79 Å². The SMILES string of the molecule is O=c1c2cc(C#CCc3ccccc3)ccc2ccn1CCC1OCCCO1. The normalized spacial score (nSPS) is 14.6. The molecule has 0 atom stereocenters. The molecule has 0 bridgehead atoms. The van der Waals surface area contributed by atoms with Gasteiger partial charge in [-0.15, -0.1) is 0 Å². The monoisotopic (exact) mass is 373 g/mol. The van der Waals surface area contributed by atoms with Crippen LogP contribution < -0.4 is 5.56 Å². The molecule has 28 heavy (non-hydrogen) atoms. The lowest BCUT2D eigenvalue weighted by atomic mass is 10.1. The van der Waals surface area contributed by atoms with Gasteiger partial charge < -0.3 is 14.0 Å². The minimum atomic E-state index is -0.216. The van der Waals surface area contributed by atoms with Crippen LogP contribution >= 0.6 is 0 Å². The Morgan fingerprint density at radius 1 is 1.04 bits per heavy atom. The summed E-state index contributed by atoms with van der Waals surface area (Å²) in [5.41, 5.74) is 2.04. The van der Waals surface area contributed by atoms with Crippen LogP contribution in [-0.2, 0) is 22.4 Å². The Labute approximate surface area is 164 Å². The molecule has 0 radical (unpaired) electrons. The third-order valence-corrected chi connectivity index (χ3v) is 4.85. The summed E-state index contributed by atoms with van der Waals surface area (Å²) in [6.07, 6.45) is 3.92. The molecule has 1 aliphatic heterocycles. The van der Waals surface area contributed by atoms with Crippen molar-refractivity contribution < 1.29 is 9.47 Å². The zero-order valence-corrected chi connectivity index (χ0v) is 15.8. The minimum absolute atomic E-state index is 0.0000174. The molecule has 3 aromatic rings. The Morgan fingerprint density at radius 2 is 1.86 bits per heavy atom. The van der Waals surface area contributed by atoms with Crippen molar-refractivity contribution in [1.82, 2.24) is 4.57 Å². The van der Waals surface area contributed by atoms with Crippen molar-refractivity contribution in [3.05, 3.63) is 82.3 Å². The van der Waals surface area contributed by atoms with Gasteiger partial charge in [-0.25, -0.2) is 0 Å². The third-order valence-electron chi connectivity index (χ3n) is 4.85. The molecular formula is C24H23NO3. The molecule has 2 heterocycles. The summed E-state index contributed by atoms with van der Waals surface area (Å²) in [4.78, 5) is 12.9. The van der Waals surface area contributed by atoms with Gasteiger partial charge >= 0.3 is 0 Å². The van der Waals surface area contributed by atoms with E-state index in [1.807, 2.05) is 48.7 Å². The highest BCUT2D eigenvalue weighted by Crippen LogP contribution is 2.13. The van der Waals surface area contributed by atoms with Gasteiger partial charge in [0.1, 0.15) is 0 Å². The van der Waals surface area contributed by atoms with Crippen molar-refractivity contribution >= 4 is 10.8 Å². The topological polar surface area (TPSA) is 40.5 Å². The van der Waals surface area contributed by atoms with E-state index in [1.54, 1.807) is 4.57 Å². The Morgan fingerprint density at radius 3 is 2.68 bits per heavy atom. The van der Waals surface area contributed by atoms with Gasteiger partial charge in [-0.3, -0.25) is 4.79 Å². The quantitative estimate of drug-likeness (QED) is 0.654. The maximum Gasteiger partial charge on any atom is 0.258 e. The summed E-state index contributed by atoms with van der Waals surface area (Å²) >= 11 is 0. The molecule has 1 aliphatic rings. The zero-order valence-electron chi connectivity index (χ0n) is 15.8. The van der Waals surface area contributed by atoms with E-state index in [4.69, 9.17) is 9.47 Å². The summed E-state index contributed by atoms with van der Waals surface area (Å²) in [5, 5.41) is 1.62. The second kappa shape index (κ2) is 8.88. The van der Waals surface area contributed by atoms with E-state index in [-0.39, 0.29) is 11.8 Å². The first-order valence-electron chi connectivity index (χ1n) is 9.69. The summed E-state index contributed by atoms with van der Waals surface area (Å²) in [6.45, 7) is 2.02. The Balaban J connectivity index is 1.51. The first-order valence-corrected chi connectivity index (χ1v) is 9.69. The maximum atomic E-state index is 12.9. The number of hydrogen-bond acceptors (Lipinski definition) is 3. The lowest BCUT2D eigenvalue weighted by Gasteiger charge is -2.23. The summed E-state index contributed by atoms with van der Waals surface area (Å²) in [6, 6.07) is 17.9. The van der Waals surface area contributed by atoms with Crippen LogP contribution in [0.3, 0.4) is 0 Å². The molecule has 142 valence electrons. The molecular weight excluding hydrogens is 350 g/mol. The van der Waals surface area contributed by atoms with Crippen LogP contribution in [-0.4, -0.2) is 24.1 Å². The smallest absolute Gasteiger partial charge is 0.258 e. The highest BCUT2D eigenvalue weighted by Gasteiger charge is 2.14. The van der Waals surface area contributed by atoms with E-state index in [0.29, 0.717) is 24.8 Å². The van der Waals surface area contributed by atoms with Crippen molar-refractivity contribution in [2.24, 2.45) is 0 Å². The second-order valence-electron chi connectivity index (χ2n) is 6.89. The molecule has 1 fully saturated rings. The Bertz CT molecular complexity index is 1050. The number of aromatic nitrogens is 1. The average Bonchev–Trinajstić information content (AvgIpc) is 2.75. The molecule has 4 nitrogen and oxygen atoms in total. The van der Waals surface area contributed by atoms with Crippen molar-refractivity contribution in [3.63, 3.8) is 0 Å². The predicted molar refractivity (Wildman–Crippen MR) is 110 cm³/mol. The van der Waals surface area contributed by atoms with Gasteiger partial charge in [-0.05, 0) is 35.6 Å². The fourth-order valence-electron chi connectivity index (χ4n) is 3.33. The molecule has 2 aromatic carbocycles. The number of pyridine rings is 1. The van der Waals surface area contributed by atoms with Crippen LogP contribution in [0.1, 0.15) is 24.0 Å². The van der Waals surface area contributed by atoms with Gasteiger partial charge in [-0.1, -0.05) is 48.2 Å². The summed E-state index contributed by atoms with van der Waals surface area (Å²) < 4.78 is 12.9. The van der Waals surface area contributed by atoms with Crippen LogP contribution in [0.4, 0.5) is 0 Å². The van der Waals surface area contributed by atoms with Gasteiger partial charge in [0.25, 0.3) is 5.56 Å². The van der Waals surface area contributed by atoms with E-state index < -0.39 is 0 Å². The molecule has 0 N–H and O–H groups in total. The van der Waals surface area contributed by atoms with Gasteiger partial charge in [0.2, 0.25) is 0 Å². The summed E-state index contributed by atoms with van der Waals surface area (Å²) in [5.74, 6) is 6.37. The fourth-order valence-corrected chi connectivity index (χ4v) is 3.33. The zero-order chi connectivity index (χ0) is 19.2. The van der Waals surface area contributed by atoms with Gasteiger partial charge in [-0.2, -0.15) is 0 Å². The number of nitrogens with zero attached hydrogens (tertiary/aromatic N) is 1. The number of rotatable bonds is 4. The van der Waals surface area contributed by atoms with Gasteiger partial charge in [0.15, 0.2) is 6.29 Å². The maximum absolute atomic E-state index is 12.9. The Hall–Kier alpha value is -2.87. The number of ether oxygens (including phenoxy) is 2. The molecule has 1 aromatic heterocycles. The molecule has 0 amide bonds. The van der Waals surface area contributed by atoms with Crippen LogP contribution in [0.2, 0.25) is 0 Å². The lowest BCUT2D eigenvalue weighted by Crippen LogP contribution is -2.28. The summed E-state index contributed by atoms with van der Waals surface area (Å²) in [7, 11) is 0. The molecule has 0 saturated carbocycles. The van der Waals surface area contributed by atoms with E-state index in [0.717, 1.165) is 30.6 Å². The molecule has 4 rings (SSSR count). The Kier molecular flexibility index (Phi) is 5.86. The second-order valence-corrected chi connectivity index (χ2v) is 6.89. The third kappa shape index (κ3) is 4.51. The highest BCUT2D eigenvalue weighted by atomic mass is 16.7. The highest BCUT2D eigenvalue weighted by molar-refractivity contribution is 5.82. The van der Waals surface area contributed by atoms with E-state index in [1.165, 1.54) is 5.56 Å². The van der Waals surface area contributed by atoms with E-state index >= 15 is 0 Å². The number of benzene rings is 2. The van der Waals surface area contributed by atoms with Crippen LogP contribution in [0, 0.1) is 11.8 Å². The number of hydrogen-bond donors (Lipinski definition) is 0. The van der Waals surface area contributed by atoms with Crippen LogP contribution in [0.15, 0.2) is 65.6 Å². The molecule has 4 heteroatoms. The first kappa shape index (κ1) is 18.5. The van der Waals surface area contributed by atoms with Crippen molar-refractivity contribution in [3.8, 4) is 11.8 Å². The standard InChI is InChI=1S/C24H23NO3/c26-24-22-18-20(9-4-8-19-6-2-1-3-7-19)10-11-21(22)12-14-25(24)15-13-23-27-16-5-17-28-23/h1-3,6-7,10-12,14,18,23H,5,8,13,15-17H2. The van der Waals surface area contributed by atoms with Crippen molar-refractivity contribution in [2.75, 3.05) is 13.2 Å². The molecule has 1 saturated heterocycles. The lowest BCUT2D eigenvalue weighted by molar-refractivity contribution is -0.182. The van der Waals surface area contributed by atoms with Crippen molar-refractivity contribution in [2.45, 2.75) is 32.1 Å². The van der Waals surface area contributed by atoms with Crippen LogP contribution in [0.5, 0.6) is 0 Å². The minimum Gasteiger partial charge on any atom is -0.353 e. The van der Waals surface area contributed by atoms with Gasteiger partial charge in [0, 0.05) is 36.5 Å².